The summed E-state index contributed by atoms with van der Waals surface area (Å²) in [7, 11) is 0. The summed E-state index contributed by atoms with van der Waals surface area (Å²) in [6, 6.07) is 3.91. The van der Waals surface area contributed by atoms with Crippen molar-refractivity contribution in [3.8, 4) is 11.5 Å². The summed E-state index contributed by atoms with van der Waals surface area (Å²) < 4.78 is 10.5. The van der Waals surface area contributed by atoms with Gasteiger partial charge in [0, 0.05) is 0 Å². The Labute approximate surface area is 82.5 Å². The van der Waals surface area contributed by atoms with Gasteiger partial charge in [-0.2, -0.15) is 0 Å². The van der Waals surface area contributed by atoms with Crippen molar-refractivity contribution >= 4 is 0 Å². The van der Waals surface area contributed by atoms with Crippen LogP contribution < -0.4 is 15.4 Å². The summed E-state index contributed by atoms with van der Waals surface area (Å²) in [4.78, 5) is 4.63. The lowest BCUT2D eigenvalue weighted by atomic mass is 10.0. The minimum atomic E-state index is 0.297. The molecule has 4 nitrogen and oxygen atoms in total. The molecule has 4 heteroatoms. The summed E-state index contributed by atoms with van der Waals surface area (Å²) in [5.74, 6) is 6.64. The van der Waals surface area contributed by atoms with Gasteiger partial charge in [-0.1, -0.05) is 6.92 Å². The third-order valence-electron chi connectivity index (χ3n) is 2.31. The lowest BCUT2D eigenvalue weighted by Gasteiger charge is -2.07. The van der Waals surface area contributed by atoms with Gasteiger partial charge in [0.05, 0.1) is 6.61 Å². The minimum Gasteiger partial charge on any atom is -0.454 e. The van der Waals surface area contributed by atoms with Gasteiger partial charge in [-0.15, -0.1) is 0 Å². The summed E-state index contributed by atoms with van der Waals surface area (Å²) >= 11 is 0. The zero-order valence-corrected chi connectivity index (χ0v) is 8.08. The molecule has 0 saturated heterocycles. The molecule has 2 N–H and O–H groups in total. The average molecular weight is 195 g/mol. The monoisotopic (exact) mass is 195 g/mol. The molecule has 14 heavy (non-hydrogen) atoms. The summed E-state index contributed by atoms with van der Waals surface area (Å²) in [6.45, 7) is 2.78. The molecular weight excluding hydrogens is 182 g/mol. The van der Waals surface area contributed by atoms with E-state index < -0.39 is 0 Å². The zero-order chi connectivity index (χ0) is 9.97. The molecule has 1 heterocycles. The van der Waals surface area contributed by atoms with Gasteiger partial charge in [-0.3, -0.25) is 4.84 Å². The van der Waals surface area contributed by atoms with Crippen LogP contribution in [0.2, 0.25) is 0 Å². The van der Waals surface area contributed by atoms with E-state index in [9.17, 15) is 0 Å². The largest absolute Gasteiger partial charge is 0.454 e. The van der Waals surface area contributed by atoms with Crippen molar-refractivity contribution in [3.05, 3.63) is 23.3 Å². The molecule has 0 atom stereocenters. The van der Waals surface area contributed by atoms with Crippen LogP contribution in [0.3, 0.4) is 0 Å². The third kappa shape index (κ3) is 1.54. The first kappa shape index (κ1) is 9.30. The lowest BCUT2D eigenvalue weighted by molar-refractivity contribution is 0.123. The maximum atomic E-state index is 5.28. The number of benzene rings is 1. The number of aryl methyl sites for hydroxylation is 1. The predicted molar refractivity (Wildman–Crippen MR) is 50.9 cm³/mol. The van der Waals surface area contributed by atoms with Gasteiger partial charge in [-0.25, -0.2) is 5.90 Å². The molecule has 0 amide bonds. The molecule has 1 aromatic carbocycles. The molecule has 1 aliphatic heterocycles. The standard InChI is InChI=1S/C10H13NO3/c1-2-7-3-9-10(13-6-12-9)4-8(7)5-14-11/h3-4H,2,5-6,11H2,1H3. The fraction of sp³-hybridized carbons (Fsp3) is 0.400. The maximum absolute atomic E-state index is 5.28. The van der Waals surface area contributed by atoms with E-state index in [0.29, 0.717) is 13.4 Å². The zero-order valence-electron chi connectivity index (χ0n) is 8.08. The normalized spacial score (nSPS) is 13.3. The lowest BCUT2D eigenvalue weighted by Crippen LogP contribution is -2.02. The van der Waals surface area contributed by atoms with Crippen LogP contribution in [0.1, 0.15) is 18.1 Å². The first-order valence-corrected chi connectivity index (χ1v) is 4.58. The maximum Gasteiger partial charge on any atom is 0.231 e. The quantitative estimate of drug-likeness (QED) is 0.740. The molecule has 0 radical (unpaired) electrons. The highest BCUT2D eigenvalue weighted by Crippen LogP contribution is 2.35. The number of ether oxygens (including phenoxy) is 2. The number of hydrogen-bond donors (Lipinski definition) is 1. The van der Waals surface area contributed by atoms with Crippen molar-refractivity contribution in [1.29, 1.82) is 0 Å². The molecule has 0 saturated carbocycles. The second-order valence-corrected chi connectivity index (χ2v) is 3.14. The molecule has 0 fully saturated rings. The Hall–Kier alpha value is -1.26. The van der Waals surface area contributed by atoms with Gasteiger partial charge in [0.1, 0.15) is 0 Å². The van der Waals surface area contributed by atoms with E-state index >= 15 is 0 Å². The van der Waals surface area contributed by atoms with E-state index in [1.165, 1.54) is 5.56 Å². The van der Waals surface area contributed by atoms with Crippen LogP contribution in [0.5, 0.6) is 11.5 Å². The molecule has 0 aromatic heterocycles. The Morgan fingerprint density at radius 3 is 2.50 bits per heavy atom. The van der Waals surface area contributed by atoms with Crippen LogP contribution in [0.4, 0.5) is 0 Å². The van der Waals surface area contributed by atoms with Crippen molar-refractivity contribution < 1.29 is 14.3 Å². The molecule has 1 aliphatic rings. The first-order valence-electron chi connectivity index (χ1n) is 4.58. The van der Waals surface area contributed by atoms with E-state index in [0.717, 1.165) is 23.5 Å². The highest BCUT2D eigenvalue weighted by molar-refractivity contribution is 5.48. The Kier molecular flexibility index (Phi) is 2.56. The van der Waals surface area contributed by atoms with Crippen molar-refractivity contribution in [3.63, 3.8) is 0 Å². The smallest absolute Gasteiger partial charge is 0.231 e. The van der Waals surface area contributed by atoms with E-state index in [4.69, 9.17) is 15.4 Å². The predicted octanol–water partition coefficient (Wildman–Crippen LogP) is 1.37. The molecule has 1 aromatic rings. The SMILES string of the molecule is CCc1cc2c(cc1CON)OCO2. The number of rotatable bonds is 3. The molecular formula is C10H13NO3. The van der Waals surface area contributed by atoms with Gasteiger partial charge in [0.2, 0.25) is 6.79 Å². The van der Waals surface area contributed by atoms with E-state index in [2.05, 4.69) is 11.8 Å². The van der Waals surface area contributed by atoms with Gasteiger partial charge in [-0.05, 0) is 29.7 Å². The van der Waals surface area contributed by atoms with Crippen molar-refractivity contribution in [2.24, 2.45) is 5.90 Å². The second kappa shape index (κ2) is 3.86. The highest BCUT2D eigenvalue weighted by Gasteiger charge is 2.16. The van der Waals surface area contributed by atoms with Crippen LogP contribution in [0.25, 0.3) is 0 Å². The molecule has 76 valence electrons. The summed E-state index contributed by atoms with van der Waals surface area (Å²) in [5.41, 5.74) is 2.24. The fourth-order valence-corrected chi connectivity index (χ4v) is 1.58. The van der Waals surface area contributed by atoms with Gasteiger partial charge < -0.3 is 9.47 Å². The Bertz CT molecular complexity index is 338. The Balaban J connectivity index is 2.38. The van der Waals surface area contributed by atoms with Crippen molar-refractivity contribution in [2.45, 2.75) is 20.0 Å². The van der Waals surface area contributed by atoms with Gasteiger partial charge in [0.25, 0.3) is 0 Å². The molecule has 0 bridgehead atoms. The molecule has 0 spiro atoms. The van der Waals surface area contributed by atoms with Gasteiger partial charge in [0.15, 0.2) is 11.5 Å². The topological polar surface area (TPSA) is 53.7 Å². The fourth-order valence-electron chi connectivity index (χ4n) is 1.58. The molecule has 2 rings (SSSR count). The van der Waals surface area contributed by atoms with Gasteiger partial charge >= 0.3 is 0 Å². The van der Waals surface area contributed by atoms with Crippen LogP contribution in [0, 0.1) is 0 Å². The van der Waals surface area contributed by atoms with Crippen molar-refractivity contribution in [1.82, 2.24) is 0 Å². The third-order valence-corrected chi connectivity index (χ3v) is 2.31. The highest BCUT2D eigenvalue weighted by atomic mass is 16.7. The van der Waals surface area contributed by atoms with E-state index in [1.54, 1.807) is 0 Å². The van der Waals surface area contributed by atoms with E-state index in [1.807, 2.05) is 12.1 Å². The average Bonchev–Trinajstić information content (AvgIpc) is 2.64. The molecule has 0 unspecified atom stereocenters. The van der Waals surface area contributed by atoms with Crippen LogP contribution >= 0.6 is 0 Å². The van der Waals surface area contributed by atoms with Crippen LogP contribution in [0.15, 0.2) is 12.1 Å². The minimum absolute atomic E-state index is 0.297. The van der Waals surface area contributed by atoms with E-state index in [-0.39, 0.29) is 0 Å². The van der Waals surface area contributed by atoms with Crippen molar-refractivity contribution in [2.75, 3.05) is 6.79 Å². The summed E-state index contributed by atoms with van der Waals surface area (Å²) in [6.07, 6.45) is 0.926. The van der Waals surface area contributed by atoms with Crippen LogP contribution in [-0.4, -0.2) is 6.79 Å². The van der Waals surface area contributed by atoms with Crippen LogP contribution in [-0.2, 0) is 17.9 Å². The number of nitrogens with two attached hydrogens (primary N) is 1. The number of fused-ring (bicyclic) bond motifs is 1. The number of hydrogen-bond acceptors (Lipinski definition) is 4. The Morgan fingerprint density at radius 1 is 1.29 bits per heavy atom. The second-order valence-electron chi connectivity index (χ2n) is 3.14. The molecule has 0 aliphatic carbocycles. The first-order chi connectivity index (χ1) is 6.85. The Morgan fingerprint density at radius 2 is 1.93 bits per heavy atom. The summed E-state index contributed by atoms with van der Waals surface area (Å²) in [5, 5.41) is 0.